The van der Waals surface area contributed by atoms with Gasteiger partial charge in [-0.05, 0) is 49.1 Å². The highest BCUT2D eigenvalue weighted by Crippen LogP contribution is 2.26. The average Bonchev–Trinajstić information content (AvgIpc) is 2.46. The van der Waals surface area contributed by atoms with Crippen molar-refractivity contribution in [2.45, 2.75) is 11.8 Å². The molecule has 1 N–H and O–H groups in total. The summed E-state index contributed by atoms with van der Waals surface area (Å²) >= 11 is 1.68. The Morgan fingerprint density at radius 3 is 2.75 bits per heavy atom. The van der Waals surface area contributed by atoms with E-state index in [0.29, 0.717) is 0 Å². The van der Waals surface area contributed by atoms with Crippen LogP contribution in [-0.2, 0) is 0 Å². The molecular weight excluding hydrogens is 272 g/mol. The molecule has 0 saturated carbocycles. The molecule has 4 nitrogen and oxygen atoms in total. The van der Waals surface area contributed by atoms with E-state index in [9.17, 15) is 4.79 Å². The van der Waals surface area contributed by atoms with E-state index in [1.54, 1.807) is 18.9 Å². The van der Waals surface area contributed by atoms with Crippen LogP contribution < -0.4 is 10.3 Å². The van der Waals surface area contributed by atoms with Crippen LogP contribution in [0.5, 0.6) is 5.75 Å². The van der Waals surface area contributed by atoms with Gasteiger partial charge in [-0.25, -0.2) is 5.10 Å². The van der Waals surface area contributed by atoms with Crippen LogP contribution in [0.25, 0.3) is 12.2 Å². The highest BCUT2D eigenvalue weighted by Gasteiger charge is 2.02. The molecule has 0 fully saturated rings. The lowest BCUT2D eigenvalue weighted by molar-refractivity contribution is 0.413. The van der Waals surface area contributed by atoms with Crippen molar-refractivity contribution in [1.82, 2.24) is 10.2 Å². The fourth-order valence-corrected chi connectivity index (χ4v) is 2.26. The van der Waals surface area contributed by atoms with Crippen LogP contribution in [0.1, 0.15) is 16.8 Å². The van der Waals surface area contributed by atoms with E-state index in [-0.39, 0.29) is 5.56 Å². The molecular formula is C15H16N2O2S. The predicted octanol–water partition coefficient (Wildman–Crippen LogP) is 2.98. The lowest BCUT2D eigenvalue weighted by Gasteiger charge is -2.06. The first kappa shape index (κ1) is 14.4. The van der Waals surface area contributed by atoms with Crippen molar-refractivity contribution in [3.8, 4) is 5.75 Å². The van der Waals surface area contributed by atoms with Crippen LogP contribution in [0, 0.1) is 6.92 Å². The maximum atomic E-state index is 11.1. The quantitative estimate of drug-likeness (QED) is 0.879. The minimum atomic E-state index is -0.193. The standard InChI is InChI=1S/C15H16N2O2S/c1-10-8-15(18)17-16-13(10)6-4-11-9-12(20-3)5-7-14(11)19-2/h4-9H,1-3H3,(H,17,18)/b6-4+. The third-order valence-electron chi connectivity index (χ3n) is 2.90. The summed E-state index contributed by atoms with van der Waals surface area (Å²) in [6.45, 7) is 1.86. The minimum Gasteiger partial charge on any atom is -0.496 e. The lowest BCUT2D eigenvalue weighted by atomic mass is 10.1. The summed E-state index contributed by atoms with van der Waals surface area (Å²) in [4.78, 5) is 12.3. The van der Waals surface area contributed by atoms with Crippen molar-refractivity contribution in [3.05, 3.63) is 51.4 Å². The Morgan fingerprint density at radius 1 is 1.30 bits per heavy atom. The molecule has 5 heteroatoms. The van der Waals surface area contributed by atoms with E-state index < -0.39 is 0 Å². The monoisotopic (exact) mass is 288 g/mol. The van der Waals surface area contributed by atoms with Gasteiger partial charge >= 0.3 is 0 Å². The van der Waals surface area contributed by atoms with Gasteiger partial charge in [0.05, 0.1) is 12.8 Å². The largest absolute Gasteiger partial charge is 0.496 e. The van der Waals surface area contributed by atoms with Crippen LogP contribution in [0.15, 0.2) is 34.0 Å². The number of aromatic nitrogens is 2. The highest BCUT2D eigenvalue weighted by atomic mass is 32.2. The van der Waals surface area contributed by atoms with Crippen LogP contribution in [0.3, 0.4) is 0 Å². The van der Waals surface area contributed by atoms with Crippen molar-refractivity contribution in [2.24, 2.45) is 0 Å². The van der Waals surface area contributed by atoms with Crippen LogP contribution in [-0.4, -0.2) is 23.6 Å². The third kappa shape index (κ3) is 3.30. The molecule has 104 valence electrons. The molecule has 0 atom stereocenters. The second-order valence-electron chi connectivity index (χ2n) is 4.24. The molecule has 1 aromatic heterocycles. The Bertz CT molecular complexity index is 693. The molecule has 0 aliphatic rings. The SMILES string of the molecule is COc1ccc(SC)cc1/C=C/c1n[nH]c(=O)cc1C. The molecule has 2 rings (SSSR count). The van der Waals surface area contributed by atoms with Crippen molar-refractivity contribution in [2.75, 3.05) is 13.4 Å². The van der Waals surface area contributed by atoms with Gasteiger partial charge in [0.15, 0.2) is 0 Å². The van der Waals surface area contributed by atoms with Gasteiger partial charge in [0.1, 0.15) is 5.75 Å². The molecule has 0 spiro atoms. The summed E-state index contributed by atoms with van der Waals surface area (Å²) in [6, 6.07) is 7.55. The second-order valence-corrected chi connectivity index (χ2v) is 5.12. The summed E-state index contributed by atoms with van der Waals surface area (Å²) in [5.41, 5.74) is 2.36. The Morgan fingerprint density at radius 2 is 2.10 bits per heavy atom. The number of rotatable bonds is 4. The zero-order valence-corrected chi connectivity index (χ0v) is 12.5. The fourth-order valence-electron chi connectivity index (χ4n) is 1.81. The van der Waals surface area contributed by atoms with E-state index in [4.69, 9.17) is 4.74 Å². The van der Waals surface area contributed by atoms with E-state index in [0.717, 1.165) is 27.5 Å². The second kappa shape index (κ2) is 6.43. The number of nitrogens with zero attached hydrogens (tertiary/aromatic N) is 1. The maximum Gasteiger partial charge on any atom is 0.264 e. The number of hydrogen-bond donors (Lipinski definition) is 1. The maximum absolute atomic E-state index is 11.1. The van der Waals surface area contributed by atoms with Crippen LogP contribution in [0.4, 0.5) is 0 Å². The molecule has 1 aromatic carbocycles. The number of methoxy groups -OCH3 is 1. The highest BCUT2D eigenvalue weighted by molar-refractivity contribution is 7.98. The van der Waals surface area contributed by atoms with Gasteiger partial charge in [-0.15, -0.1) is 11.8 Å². The third-order valence-corrected chi connectivity index (χ3v) is 3.62. The van der Waals surface area contributed by atoms with E-state index in [2.05, 4.69) is 16.3 Å². The first-order valence-electron chi connectivity index (χ1n) is 6.10. The topological polar surface area (TPSA) is 55.0 Å². The van der Waals surface area contributed by atoms with Gasteiger partial charge in [0.2, 0.25) is 0 Å². The molecule has 0 aliphatic carbocycles. The van der Waals surface area contributed by atoms with E-state index in [1.165, 1.54) is 6.07 Å². The van der Waals surface area contributed by atoms with Crippen molar-refractivity contribution >= 4 is 23.9 Å². The van der Waals surface area contributed by atoms with Crippen molar-refractivity contribution < 1.29 is 4.74 Å². The van der Waals surface area contributed by atoms with Gasteiger partial charge < -0.3 is 4.74 Å². The Kier molecular flexibility index (Phi) is 4.63. The Hall–Kier alpha value is -2.01. The Labute approximate surface area is 121 Å². The van der Waals surface area contributed by atoms with E-state index in [1.807, 2.05) is 37.5 Å². The number of nitrogens with one attached hydrogen (secondary N) is 1. The number of aryl methyl sites for hydroxylation is 1. The van der Waals surface area contributed by atoms with Gasteiger partial charge in [-0.2, -0.15) is 5.10 Å². The summed E-state index contributed by atoms with van der Waals surface area (Å²) in [5.74, 6) is 0.807. The molecule has 0 unspecified atom stereocenters. The summed E-state index contributed by atoms with van der Waals surface area (Å²) < 4.78 is 5.34. The number of hydrogen-bond acceptors (Lipinski definition) is 4. The molecule has 0 aliphatic heterocycles. The number of benzene rings is 1. The molecule has 2 aromatic rings. The normalized spacial score (nSPS) is 10.9. The summed E-state index contributed by atoms with van der Waals surface area (Å²) in [7, 11) is 1.65. The van der Waals surface area contributed by atoms with Crippen molar-refractivity contribution in [1.29, 1.82) is 0 Å². The van der Waals surface area contributed by atoms with Gasteiger partial charge in [0.25, 0.3) is 5.56 Å². The number of thioether (sulfide) groups is 1. The summed E-state index contributed by atoms with van der Waals surface area (Å²) in [6.07, 6.45) is 5.84. The lowest BCUT2D eigenvalue weighted by Crippen LogP contribution is -2.08. The first-order valence-corrected chi connectivity index (χ1v) is 7.33. The van der Waals surface area contributed by atoms with Gasteiger partial charge in [0, 0.05) is 16.5 Å². The van der Waals surface area contributed by atoms with Crippen LogP contribution >= 0.6 is 11.8 Å². The predicted molar refractivity (Wildman–Crippen MR) is 83.3 cm³/mol. The van der Waals surface area contributed by atoms with Crippen molar-refractivity contribution in [3.63, 3.8) is 0 Å². The van der Waals surface area contributed by atoms with E-state index >= 15 is 0 Å². The van der Waals surface area contributed by atoms with Gasteiger partial charge in [-0.3, -0.25) is 4.79 Å². The zero-order chi connectivity index (χ0) is 14.5. The zero-order valence-electron chi connectivity index (χ0n) is 11.6. The number of H-pyrrole nitrogens is 1. The number of aromatic amines is 1. The number of ether oxygens (including phenoxy) is 1. The van der Waals surface area contributed by atoms with Crippen LogP contribution in [0.2, 0.25) is 0 Å². The molecule has 0 saturated heterocycles. The smallest absolute Gasteiger partial charge is 0.264 e. The molecule has 0 radical (unpaired) electrons. The van der Waals surface area contributed by atoms with Gasteiger partial charge in [-0.1, -0.05) is 0 Å². The molecule has 20 heavy (non-hydrogen) atoms. The Balaban J connectivity index is 2.37. The fraction of sp³-hybridized carbons (Fsp3) is 0.200. The minimum absolute atomic E-state index is 0.193. The molecule has 0 bridgehead atoms. The average molecular weight is 288 g/mol. The molecule has 1 heterocycles. The molecule has 0 amide bonds. The first-order chi connectivity index (χ1) is 9.63. The summed E-state index contributed by atoms with van der Waals surface area (Å²) in [5, 5.41) is 6.46.